The summed E-state index contributed by atoms with van der Waals surface area (Å²) in [7, 11) is 1.63. The second-order valence-corrected chi connectivity index (χ2v) is 5.99. The number of aromatic nitrogens is 2. The number of para-hydroxylation sites is 3. The number of hydrogen-bond acceptors (Lipinski definition) is 6. The largest absolute Gasteiger partial charge is 0.294 e. The van der Waals surface area contributed by atoms with E-state index in [-0.39, 0.29) is 17.1 Å². The molecule has 9 nitrogen and oxygen atoms in total. The van der Waals surface area contributed by atoms with Gasteiger partial charge in [-0.05, 0) is 25.1 Å². The van der Waals surface area contributed by atoms with E-state index >= 15 is 0 Å². The van der Waals surface area contributed by atoms with E-state index in [2.05, 4.69) is 10.5 Å². The SMILES string of the molecule is Cc1cc(=O)c(C(=O)NN(C)c2ccccc2)nn1-c1ccccc1[N+](=O)[O-]. The lowest BCUT2D eigenvalue weighted by atomic mass is 10.2. The minimum absolute atomic E-state index is 0.162. The predicted molar refractivity (Wildman–Crippen MR) is 104 cm³/mol. The van der Waals surface area contributed by atoms with E-state index in [1.165, 1.54) is 34.0 Å². The lowest BCUT2D eigenvalue weighted by molar-refractivity contribution is -0.384. The molecule has 9 heteroatoms. The van der Waals surface area contributed by atoms with Crippen molar-refractivity contribution in [2.75, 3.05) is 12.1 Å². The number of aryl methyl sites for hydroxylation is 1. The Hall–Kier alpha value is -4.01. The standard InChI is InChI=1S/C19H17N5O4/c1-13-12-17(25)18(19(26)21-22(2)14-8-4-3-5-9-14)20-23(13)15-10-6-7-11-16(15)24(27)28/h3-12H,1-2H3,(H,21,26). The fraction of sp³-hybridized carbons (Fsp3) is 0.105. The number of hydrazine groups is 1. The number of carbonyl (C=O) groups excluding carboxylic acids is 1. The third-order valence-electron chi connectivity index (χ3n) is 4.04. The monoisotopic (exact) mass is 379 g/mol. The van der Waals surface area contributed by atoms with Gasteiger partial charge in [0, 0.05) is 24.9 Å². The van der Waals surface area contributed by atoms with Crippen LogP contribution in [-0.2, 0) is 0 Å². The lowest BCUT2D eigenvalue weighted by Crippen LogP contribution is -2.42. The minimum Gasteiger partial charge on any atom is -0.288 e. The molecule has 0 unspecified atom stereocenters. The Morgan fingerprint density at radius 3 is 2.46 bits per heavy atom. The van der Waals surface area contributed by atoms with Crippen LogP contribution in [0.25, 0.3) is 5.69 Å². The van der Waals surface area contributed by atoms with Gasteiger partial charge < -0.3 is 0 Å². The average molecular weight is 379 g/mol. The van der Waals surface area contributed by atoms with E-state index in [9.17, 15) is 19.7 Å². The summed E-state index contributed by atoms with van der Waals surface area (Å²) in [4.78, 5) is 35.7. The van der Waals surface area contributed by atoms with E-state index in [4.69, 9.17) is 0 Å². The zero-order valence-corrected chi connectivity index (χ0v) is 15.2. The molecule has 1 N–H and O–H groups in total. The van der Waals surface area contributed by atoms with Crippen LogP contribution in [0.4, 0.5) is 11.4 Å². The van der Waals surface area contributed by atoms with Crippen LogP contribution >= 0.6 is 0 Å². The number of carbonyl (C=O) groups is 1. The van der Waals surface area contributed by atoms with Crippen molar-refractivity contribution in [1.29, 1.82) is 0 Å². The molecule has 3 rings (SSSR count). The first-order chi connectivity index (χ1) is 13.4. The van der Waals surface area contributed by atoms with Gasteiger partial charge in [-0.2, -0.15) is 5.10 Å². The van der Waals surface area contributed by atoms with Crippen molar-refractivity contribution in [3.05, 3.63) is 92.4 Å². The summed E-state index contributed by atoms with van der Waals surface area (Å²) in [6.45, 7) is 1.59. The highest BCUT2D eigenvalue weighted by molar-refractivity contribution is 5.93. The highest BCUT2D eigenvalue weighted by Gasteiger charge is 2.20. The van der Waals surface area contributed by atoms with E-state index in [0.29, 0.717) is 11.4 Å². The molecule has 0 saturated carbocycles. The van der Waals surface area contributed by atoms with Gasteiger partial charge in [0.15, 0.2) is 5.69 Å². The quantitative estimate of drug-likeness (QED) is 0.538. The van der Waals surface area contributed by atoms with Crippen LogP contribution in [0.5, 0.6) is 0 Å². The maximum Gasteiger partial charge on any atom is 0.294 e. The molecule has 0 saturated heterocycles. The fourth-order valence-electron chi connectivity index (χ4n) is 2.67. The van der Waals surface area contributed by atoms with E-state index in [0.717, 1.165) is 0 Å². The Morgan fingerprint density at radius 2 is 1.79 bits per heavy atom. The lowest BCUT2D eigenvalue weighted by Gasteiger charge is -2.20. The maximum absolute atomic E-state index is 12.6. The average Bonchev–Trinajstić information content (AvgIpc) is 2.68. The summed E-state index contributed by atoms with van der Waals surface area (Å²) >= 11 is 0. The second kappa shape index (κ2) is 7.70. The van der Waals surface area contributed by atoms with Gasteiger partial charge in [-0.15, -0.1) is 0 Å². The van der Waals surface area contributed by atoms with Gasteiger partial charge in [0.05, 0.1) is 10.6 Å². The molecule has 0 fully saturated rings. The molecule has 0 bridgehead atoms. The Balaban J connectivity index is 2.00. The molecule has 0 spiro atoms. The molecule has 1 amide bonds. The molecule has 0 radical (unpaired) electrons. The molecular formula is C19H17N5O4. The minimum atomic E-state index is -0.719. The summed E-state index contributed by atoms with van der Waals surface area (Å²) in [5, 5.41) is 16.9. The third kappa shape index (κ3) is 3.73. The van der Waals surface area contributed by atoms with Gasteiger partial charge in [0.25, 0.3) is 11.6 Å². The summed E-state index contributed by atoms with van der Waals surface area (Å²) in [5.74, 6) is -0.719. The highest BCUT2D eigenvalue weighted by Crippen LogP contribution is 2.22. The third-order valence-corrected chi connectivity index (χ3v) is 4.04. The molecule has 0 aliphatic rings. The van der Waals surface area contributed by atoms with Crippen LogP contribution in [-0.4, -0.2) is 27.7 Å². The topological polar surface area (TPSA) is 110 Å². The van der Waals surface area contributed by atoms with Crippen molar-refractivity contribution in [3.8, 4) is 5.69 Å². The molecule has 0 aliphatic carbocycles. The van der Waals surface area contributed by atoms with Crippen LogP contribution in [0.15, 0.2) is 65.5 Å². The number of nitro groups is 1. The summed E-state index contributed by atoms with van der Waals surface area (Å²) in [5.41, 5.74) is 2.68. The van der Waals surface area contributed by atoms with Crippen LogP contribution < -0.4 is 15.9 Å². The number of benzene rings is 2. The smallest absolute Gasteiger partial charge is 0.288 e. The van der Waals surface area contributed by atoms with Crippen molar-refractivity contribution in [1.82, 2.24) is 15.2 Å². The number of amides is 1. The molecule has 0 atom stereocenters. The van der Waals surface area contributed by atoms with Crippen molar-refractivity contribution in [2.24, 2.45) is 0 Å². The molecular weight excluding hydrogens is 362 g/mol. The number of nitrogens with zero attached hydrogens (tertiary/aromatic N) is 4. The Kier molecular flexibility index (Phi) is 5.16. The maximum atomic E-state index is 12.6. The number of nitrogens with one attached hydrogen (secondary N) is 1. The van der Waals surface area contributed by atoms with E-state index in [1.807, 2.05) is 18.2 Å². The summed E-state index contributed by atoms with van der Waals surface area (Å²) < 4.78 is 1.22. The molecule has 28 heavy (non-hydrogen) atoms. The zero-order chi connectivity index (χ0) is 20.3. The van der Waals surface area contributed by atoms with Gasteiger partial charge >= 0.3 is 0 Å². The van der Waals surface area contributed by atoms with Gasteiger partial charge in [-0.25, -0.2) is 4.68 Å². The highest BCUT2D eigenvalue weighted by atomic mass is 16.6. The molecule has 3 aromatic rings. The Morgan fingerprint density at radius 1 is 1.14 bits per heavy atom. The van der Waals surface area contributed by atoms with Crippen LogP contribution in [0, 0.1) is 17.0 Å². The number of hydrogen-bond donors (Lipinski definition) is 1. The van der Waals surface area contributed by atoms with E-state index < -0.39 is 16.3 Å². The fourth-order valence-corrected chi connectivity index (χ4v) is 2.67. The zero-order valence-electron chi connectivity index (χ0n) is 15.2. The van der Waals surface area contributed by atoms with Gasteiger partial charge in [-0.3, -0.25) is 30.1 Å². The second-order valence-electron chi connectivity index (χ2n) is 5.99. The first-order valence-corrected chi connectivity index (χ1v) is 8.33. The van der Waals surface area contributed by atoms with Gasteiger partial charge in [-0.1, -0.05) is 30.3 Å². The number of nitro benzene ring substituents is 1. The van der Waals surface area contributed by atoms with Crippen molar-refractivity contribution in [3.63, 3.8) is 0 Å². The molecule has 0 aliphatic heterocycles. The van der Waals surface area contributed by atoms with Crippen LogP contribution in [0.2, 0.25) is 0 Å². The van der Waals surface area contributed by atoms with Crippen LogP contribution in [0.3, 0.4) is 0 Å². The van der Waals surface area contributed by atoms with Gasteiger partial charge in [0.2, 0.25) is 5.43 Å². The van der Waals surface area contributed by atoms with Crippen molar-refractivity contribution < 1.29 is 9.72 Å². The normalized spacial score (nSPS) is 10.4. The first kappa shape index (κ1) is 18.8. The van der Waals surface area contributed by atoms with Crippen molar-refractivity contribution >= 4 is 17.3 Å². The first-order valence-electron chi connectivity index (χ1n) is 8.33. The molecule has 142 valence electrons. The Bertz CT molecular complexity index is 1090. The number of anilines is 1. The number of rotatable bonds is 5. The predicted octanol–water partition coefficient (Wildman–Crippen LogP) is 2.23. The van der Waals surface area contributed by atoms with Crippen molar-refractivity contribution in [2.45, 2.75) is 6.92 Å². The van der Waals surface area contributed by atoms with Crippen LogP contribution in [0.1, 0.15) is 16.2 Å². The Labute approximate surface area is 160 Å². The summed E-state index contributed by atoms with van der Waals surface area (Å²) in [6, 6.07) is 16.2. The van der Waals surface area contributed by atoms with E-state index in [1.54, 1.807) is 32.2 Å². The molecule has 1 heterocycles. The molecule has 1 aromatic heterocycles. The van der Waals surface area contributed by atoms with Gasteiger partial charge in [0.1, 0.15) is 5.69 Å². The summed E-state index contributed by atoms with van der Waals surface area (Å²) in [6.07, 6.45) is 0. The molecule has 2 aromatic carbocycles.